The minimum Gasteiger partial charge on any atom is -0.457 e. The highest BCUT2D eigenvalue weighted by Gasteiger charge is 2.45. The summed E-state index contributed by atoms with van der Waals surface area (Å²) in [5, 5.41) is 7.56. The maximum absolute atomic E-state index is 16.0. The standard InChI is InChI=1S/C36H36F4N6O4/c1-34(2,3)50-33(47)45-17-13-35(14-18-45)23-46(19-20-48-35)31-24(9-10-29(30(31)36(38,39)40)49-26-7-5-4-6-8-26)21-27(37)32-41-15-12-28(44-32)25-11-16-42-43-22-25/h4-12,15-16,21-22H,13-14,17-20,23H2,1-3H3/b27-21-. The van der Waals surface area contributed by atoms with Crippen LogP contribution in [-0.4, -0.2) is 75.1 Å². The van der Waals surface area contributed by atoms with Crippen molar-refractivity contribution in [2.75, 3.05) is 37.7 Å². The fourth-order valence-electron chi connectivity index (χ4n) is 6.06. The Bertz CT molecular complexity index is 1840. The molecule has 6 rings (SSSR count). The first-order chi connectivity index (χ1) is 23.8. The first kappa shape index (κ1) is 34.7. The molecule has 2 aromatic heterocycles. The molecule has 1 amide bonds. The quantitative estimate of drug-likeness (QED) is 0.187. The molecule has 2 aliphatic rings. The van der Waals surface area contributed by atoms with E-state index >= 15 is 17.6 Å². The molecule has 0 N–H and O–H groups in total. The first-order valence-electron chi connectivity index (χ1n) is 16.1. The number of nitrogens with zero attached hydrogens (tertiary/aromatic N) is 6. The van der Waals surface area contributed by atoms with Gasteiger partial charge in [0.05, 0.1) is 36.0 Å². The van der Waals surface area contributed by atoms with E-state index < -0.39 is 40.6 Å². The van der Waals surface area contributed by atoms with Gasteiger partial charge in [-0.2, -0.15) is 23.4 Å². The van der Waals surface area contributed by atoms with Gasteiger partial charge < -0.3 is 24.0 Å². The van der Waals surface area contributed by atoms with Crippen molar-refractivity contribution < 1.29 is 36.6 Å². The van der Waals surface area contributed by atoms with Crippen LogP contribution in [0.5, 0.6) is 11.5 Å². The number of anilines is 1. The van der Waals surface area contributed by atoms with Crippen LogP contribution in [0.1, 0.15) is 50.6 Å². The van der Waals surface area contributed by atoms with Gasteiger partial charge in [-0.05, 0) is 76.1 Å². The van der Waals surface area contributed by atoms with Gasteiger partial charge in [-0.15, -0.1) is 0 Å². The lowest BCUT2D eigenvalue weighted by atomic mass is 9.88. The number of carbonyl (C=O) groups is 1. The third-order valence-electron chi connectivity index (χ3n) is 8.35. The molecule has 0 aliphatic carbocycles. The van der Waals surface area contributed by atoms with Crippen LogP contribution in [0.3, 0.4) is 0 Å². The third-order valence-corrected chi connectivity index (χ3v) is 8.35. The van der Waals surface area contributed by atoms with Gasteiger partial charge in [0.25, 0.3) is 0 Å². The second-order valence-electron chi connectivity index (χ2n) is 13.1. The van der Waals surface area contributed by atoms with Crippen molar-refractivity contribution in [1.82, 2.24) is 25.1 Å². The lowest BCUT2D eigenvalue weighted by molar-refractivity contribution is -0.138. The summed E-state index contributed by atoms with van der Waals surface area (Å²) in [6, 6.07) is 13.9. The van der Waals surface area contributed by atoms with Crippen LogP contribution in [0, 0.1) is 0 Å². The largest absolute Gasteiger partial charge is 0.457 e. The van der Waals surface area contributed by atoms with E-state index in [0.29, 0.717) is 37.2 Å². The Morgan fingerprint density at radius 3 is 2.40 bits per heavy atom. The number of halogens is 4. The lowest BCUT2D eigenvalue weighted by Gasteiger charge is -2.48. The molecule has 2 aromatic carbocycles. The number of para-hydroxylation sites is 1. The molecular weight excluding hydrogens is 656 g/mol. The highest BCUT2D eigenvalue weighted by Crippen LogP contribution is 2.48. The van der Waals surface area contributed by atoms with Crippen LogP contribution in [0.4, 0.5) is 28.0 Å². The fourth-order valence-corrected chi connectivity index (χ4v) is 6.06. The molecule has 2 aliphatic heterocycles. The minimum atomic E-state index is -4.89. The maximum atomic E-state index is 16.0. The molecule has 262 valence electrons. The van der Waals surface area contributed by atoms with Crippen molar-refractivity contribution in [2.24, 2.45) is 0 Å². The van der Waals surface area contributed by atoms with Crippen LogP contribution in [-0.2, 0) is 15.7 Å². The first-order valence-corrected chi connectivity index (χ1v) is 16.1. The molecule has 2 fully saturated rings. The van der Waals surface area contributed by atoms with E-state index in [-0.39, 0.29) is 42.5 Å². The molecule has 14 heteroatoms. The van der Waals surface area contributed by atoms with Gasteiger partial charge in [0.1, 0.15) is 22.7 Å². The van der Waals surface area contributed by atoms with Crippen molar-refractivity contribution in [3.63, 3.8) is 0 Å². The second kappa shape index (κ2) is 14.0. The van der Waals surface area contributed by atoms with Crippen LogP contribution < -0.4 is 9.64 Å². The number of benzene rings is 2. The van der Waals surface area contributed by atoms with E-state index in [4.69, 9.17) is 14.2 Å². The van der Waals surface area contributed by atoms with Gasteiger partial charge >= 0.3 is 12.3 Å². The Morgan fingerprint density at radius 1 is 0.960 bits per heavy atom. The fraction of sp³-hybridized carbons (Fsp3) is 0.361. The number of alkyl halides is 3. The van der Waals surface area contributed by atoms with Crippen LogP contribution >= 0.6 is 0 Å². The number of likely N-dealkylation sites (tertiary alicyclic amines) is 1. The van der Waals surface area contributed by atoms with E-state index in [0.717, 1.165) is 6.08 Å². The summed E-state index contributed by atoms with van der Waals surface area (Å²) >= 11 is 0. The van der Waals surface area contributed by atoms with Gasteiger partial charge in [-0.25, -0.2) is 19.2 Å². The summed E-state index contributed by atoms with van der Waals surface area (Å²) in [6.45, 7) is 6.22. The monoisotopic (exact) mass is 692 g/mol. The summed E-state index contributed by atoms with van der Waals surface area (Å²) in [5.74, 6) is -1.47. The molecule has 0 unspecified atom stereocenters. The van der Waals surface area contributed by atoms with Crippen molar-refractivity contribution in [1.29, 1.82) is 0 Å². The maximum Gasteiger partial charge on any atom is 0.422 e. The Hall–Kier alpha value is -5.11. The van der Waals surface area contributed by atoms with Crippen LogP contribution in [0.2, 0.25) is 0 Å². The number of ether oxygens (including phenoxy) is 3. The van der Waals surface area contributed by atoms with E-state index in [1.165, 1.54) is 30.7 Å². The molecule has 2 saturated heterocycles. The summed E-state index contributed by atoms with van der Waals surface area (Å²) < 4.78 is 79.2. The Kier molecular flexibility index (Phi) is 9.74. The Morgan fingerprint density at radius 2 is 1.72 bits per heavy atom. The molecule has 4 aromatic rings. The van der Waals surface area contributed by atoms with Crippen molar-refractivity contribution in [2.45, 2.75) is 51.0 Å². The van der Waals surface area contributed by atoms with Crippen molar-refractivity contribution in [3.8, 4) is 22.8 Å². The zero-order valence-electron chi connectivity index (χ0n) is 27.8. The summed E-state index contributed by atoms with van der Waals surface area (Å²) in [4.78, 5) is 24.2. The number of aromatic nitrogens is 4. The summed E-state index contributed by atoms with van der Waals surface area (Å²) in [7, 11) is 0. The normalized spacial score (nSPS) is 16.7. The Balaban J connectivity index is 1.39. The van der Waals surface area contributed by atoms with Crippen molar-refractivity contribution in [3.05, 3.63) is 90.1 Å². The second-order valence-corrected chi connectivity index (χ2v) is 13.1. The van der Waals surface area contributed by atoms with Gasteiger partial charge in [-0.3, -0.25) is 0 Å². The van der Waals surface area contributed by atoms with Crippen LogP contribution in [0.15, 0.2) is 73.2 Å². The molecular formula is C36H36F4N6O4. The number of morpholine rings is 1. The smallest absolute Gasteiger partial charge is 0.422 e. The predicted octanol–water partition coefficient (Wildman–Crippen LogP) is 7.82. The number of hydrogen-bond donors (Lipinski definition) is 0. The molecule has 50 heavy (non-hydrogen) atoms. The summed E-state index contributed by atoms with van der Waals surface area (Å²) in [6.07, 6.45) is 0.676. The molecule has 4 heterocycles. The van der Waals surface area contributed by atoms with E-state index in [9.17, 15) is 4.79 Å². The average Bonchev–Trinajstić information content (AvgIpc) is 3.08. The average molecular weight is 693 g/mol. The molecule has 0 bridgehead atoms. The van der Waals surface area contributed by atoms with Gasteiger partial charge in [0.2, 0.25) is 0 Å². The molecule has 10 nitrogen and oxygen atoms in total. The highest BCUT2D eigenvalue weighted by molar-refractivity contribution is 5.83. The molecule has 1 spiro atoms. The van der Waals surface area contributed by atoms with Gasteiger partial charge in [0, 0.05) is 43.5 Å². The minimum absolute atomic E-state index is 0.0435. The molecule has 0 radical (unpaired) electrons. The van der Waals surface area contributed by atoms with Gasteiger partial charge in [-0.1, -0.05) is 18.2 Å². The number of rotatable bonds is 6. The summed E-state index contributed by atoms with van der Waals surface area (Å²) in [5.41, 5.74) is -1.95. The molecule has 0 saturated carbocycles. The number of piperidine rings is 1. The third kappa shape index (κ3) is 8.02. The van der Waals surface area contributed by atoms with Crippen LogP contribution in [0.25, 0.3) is 23.2 Å². The van der Waals surface area contributed by atoms with Gasteiger partial charge in [0.15, 0.2) is 11.7 Å². The predicted molar refractivity (Wildman–Crippen MR) is 178 cm³/mol. The Labute approximate surface area is 286 Å². The van der Waals surface area contributed by atoms with E-state index in [1.54, 1.807) is 73.0 Å². The zero-order valence-corrected chi connectivity index (χ0v) is 27.8. The lowest BCUT2D eigenvalue weighted by Crippen LogP contribution is -2.58. The van der Waals surface area contributed by atoms with E-state index in [1.807, 2.05) is 0 Å². The highest BCUT2D eigenvalue weighted by atomic mass is 19.4. The van der Waals surface area contributed by atoms with Crippen molar-refractivity contribution >= 4 is 23.7 Å². The number of amides is 1. The topological polar surface area (TPSA) is 103 Å². The van der Waals surface area contributed by atoms with E-state index in [2.05, 4.69) is 20.2 Å². The number of hydrogen-bond acceptors (Lipinski definition) is 9. The number of carbonyl (C=O) groups excluding carboxylic acids is 1. The zero-order chi connectivity index (χ0) is 35.5. The molecule has 0 atom stereocenters. The SMILES string of the molecule is CC(C)(C)OC(=O)N1CCC2(CC1)CN(c1c(/C=C(\F)c3nccc(-c4ccnnc4)n3)ccc(Oc3ccccc3)c1C(F)(F)F)CCO2.